The van der Waals surface area contributed by atoms with Crippen LogP contribution in [0, 0.1) is 0 Å². The van der Waals surface area contributed by atoms with Gasteiger partial charge in [0.1, 0.15) is 18.1 Å². The van der Waals surface area contributed by atoms with Gasteiger partial charge in [0, 0.05) is 12.6 Å². The van der Waals surface area contributed by atoms with Crippen molar-refractivity contribution in [2.75, 3.05) is 7.05 Å². The maximum Gasteiger partial charge on any atom is 0.147 e. The first-order chi connectivity index (χ1) is 6.72. The number of aromatic hydroxyl groups is 1. The van der Waals surface area contributed by atoms with Gasteiger partial charge in [-0.1, -0.05) is 0 Å². The van der Waals surface area contributed by atoms with Crippen molar-refractivity contribution < 1.29 is 9.90 Å². The molecule has 0 bridgehead atoms. The molecule has 1 atom stereocenters. The Morgan fingerprint density at radius 1 is 1.57 bits per heavy atom. The average Bonchev–Trinajstić information content (AvgIpc) is 2.17. The van der Waals surface area contributed by atoms with Crippen LogP contribution in [0.1, 0.15) is 11.6 Å². The minimum Gasteiger partial charge on any atom is -0.508 e. The highest BCUT2D eigenvalue weighted by Gasteiger charge is 2.21. The molecule has 0 amide bonds. The van der Waals surface area contributed by atoms with Crippen LogP contribution in [0.5, 0.6) is 5.75 Å². The summed E-state index contributed by atoms with van der Waals surface area (Å²) in [5, 5.41) is 9.30. The lowest BCUT2D eigenvalue weighted by molar-refractivity contribution is -0.111. The third-order valence-corrected chi connectivity index (χ3v) is 2.28. The van der Waals surface area contributed by atoms with Crippen molar-refractivity contribution in [3.05, 3.63) is 23.8 Å². The molecule has 1 aromatic carbocycles. The van der Waals surface area contributed by atoms with Crippen LogP contribution >= 0.6 is 0 Å². The van der Waals surface area contributed by atoms with E-state index >= 15 is 0 Å². The molecule has 0 fully saturated rings. The molecule has 0 radical (unpaired) electrons. The zero-order valence-electron chi connectivity index (χ0n) is 7.71. The standard InChI is InChI=1S/C10H10N2O2/c1-12-6-11-9-3-2-7(14)4-8(9)10(12)5-13/h2-6,10,14H,1H3. The number of carbonyl (C=O) groups excluding carboxylic acids is 1. The third kappa shape index (κ3) is 1.25. The van der Waals surface area contributed by atoms with Crippen LogP contribution < -0.4 is 0 Å². The van der Waals surface area contributed by atoms with E-state index in [-0.39, 0.29) is 11.8 Å². The Balaban J connectivity index is 2.56. The van der Waals surface area contributed by atoms with Crippen molar-refractivity contribution in [2.24, 2.45) is 4.99 Å². The van der Waals surface area contributed by atoms with Gasteiger partial charge in [0.05, 0.1) is 12.0 Å². The van der Waals surface area contributed by atoms with Gasteiger partial charge in [-0.2, -0.15) is 0 Å². The van der Waals surface area contributed by atoms with Gasteiger partial charge < -0.3 is 14.8 Å². The Labute approximate surface area is 81.5 Å². The molecule has 1 aromatic rings. The number of carbonyl (C=O) groups is 1. The topological polar surface area (TPSA) is 52.9 Å². The van der Waals surface area contributed by atoms with Crippen LogP contribution in [0.25, 0.3) is 0 Å². The summed E-state index contributed by atoms with van der Waals surface area (Å²) in [6.45, 7) is 0. The molecule has 1 aliphatic rings. The molecular weight excluding hydrogens is 180 g/mol. The molecule has 72 valence electrons. The number of likely N-dealkylation sites (N-methyl/N-ethyl adjacent to an activating group) is 1. The fraction of sp³-hybridized carbons (Fsp3) is 0.200. The number of rotatable bonds is 1. The summed E-state index contributed by atoms with van der Waals surface area (Å²) in [6.07, 6.45) is 2.45. The fourth-order valence-corrected chi connectivity index (χ4v) is 1.51. The normalized spacial score (nSPS) is 19.2. The molecule has 14 heavy (non-hydrogen) atoms. The number of benzene rings is 1. The van der Waals surface area contributed by atoms with Crippen molar-refractivity contribution in [1.82, 2.24) is 4.90 Å². The summed E-state index contributed by atoms with van der Waals surface area (Å²) in [5.74, 6) is 0.154. The summed E-state index contributed by atoms with van der Waals surface area (Å²) in [6, 6.07) is 4.48. The maximum atomic E-state index is 10.9. The monoisotopic (exact) mass is 190 g/mol. The number of nitrogens with zero attached hydrogens (tertiary/aromatic N) is 2. The lowest BCUT2D eigenvalue weighted by Gasteiger charge is -2.26. The first kappa shape index (κ1) is 8.74. The zero-order chi connectivity index (χ0) is 10.1. The molecule has 1 N–H and O–H groups in total. The highest BCUT2D eigenvalue weighted by atomic mass is 16.3. The van der Waals surface area contributed by atoms with Crippen molar-refractivity contribution in [3.8, 4) is 5.75 Å². The molecule has 2 rings (SSSR count). The molecular formula is C10H10N2O2. The van der Waals surface area contributed by atoms with E-state index in [0.717, 1.165) is 17.5 Å². The van der Waals surface area contributed by atoms with Gasteiger partial charge in [-0.15, -0.1) is 0 Å². The maximum absolute atomic E-state index is 10.9. The van der Waals surface area contributed by atoms with E-state index in [1.165, 1.54) is 0 Å². The van der Waals surface area contributed by atoms with Crippen LogP contribution in [0.3, 0.4) is 0 Å². The fourth-order valence-electron chi connectivity index (χ4n) is 1.51. The quantitative estimate of drug-likeness (QED) is 0.678. The van der Waals surface area contributed by atoms with Gasteiger partial charge in [-0.25, -0.2) is 4.99 Å². The second-order valence-corrected chi connectivity index (χ2v) is 3.23. The van der Waals surface area contributed by atoms with E-state index in [1.807, 2.05) is 0 Å². The Morgan fingerprint density at radius 2 is 2.36 bits per heavy atom. The summed E-state index contributed by atoms with van der Waals surface area (Å²) in [7, 11) is 1.77. The van der Waals surface area contributed by atoms with Crippen LogP contribution in [0.2, 0.25) is 0 Å². The lowest BCUT2D eigenvalue weighted by atomic mass is 10.0. The van der Waals surface area contributed by atoms with Crippen molar-refractivity contribution in [3.63, 3.8) is 0 Å². The summed E-state index contributed by atoms with van der Waals surface area (Å²) < 4.78 is 0. The number of phenolic OH excluding ortho intramolecular Hbond substituents is 1. The van der Waals surface area contributed by atoms with E-state index in [1.54, 1.807) is 36.5 Å². The van der Waals surface area contributed by atoms with Gasteiger partial charge in [0.25, 0.3) is 0 Å². The minimum atomic E-state index is -0.352. The molecule has 1 unspecified atom stereocenters. The second kappa shape index (κ2) is 3.14. The largest absolute Gasteiger partial charge is 0.508 e. The summed E-state index contributed by atoms with van der Waals surface area (Å²) >= 11 is 0. The molecule has 1 heterocycles. The average molecular weight is 190 g/mol. The molecule has 4 nitrogen and oxygen atoms in total. The first-order valence-corrected chi connectivity index (χ1v) is 4.26. The van der Waals surface area contributed by atoms with Gasteiger partial charge in [-0.3, -0.25) is 0 Å². The van der Waals surface area contributed by atoms with Gasteiger partial charge in [0.2, 0.25) is 0 Å². The van der Waals surface area contributed by atoms with Gasteiger partial charge in [0.15, 0.2) is 0 Å². The van der Waals surface area contributed by atoms with E-state index < -0.39 is 0 Å². The Hall–Kier alpha value is -1.84. The number of aliphatic imine (C=N–C) groups is 1. The van der Waals surface area contributed by atoms with Crippen molar-refractivity contribution in [2.45, 2.75) is 6.04 Å². The van der Waals surface area contributed by atoms with Crippen LogP contribution in [0.4, 0.5) is 5.69 Å². The lowest BCUT2D eigenvalue weighted by Crippen LogP contribution is -2.26. The molecule has 0 aromatic heterocycles. The molecule has 0 aliphatic carbocycles. The van der Waals surface area contributed by atoms with Gasteiger partial charge >= 0.3 is 0 Å². The number of hydrogen-bond acceptors (Lipinski definition) is 4. The highest BCUT2D eigenvalue weighted by Crippen LogP contribution is 2.33. The Kier molecular flexibility index (Phi) is 1.96. The Bertz CT molecular complexity index is 401. The highest BCUT2D eigenvalue weighted by molar-refractivity contribution is 5.77. The SMILES string of the molecule is CN1C=Nc2ccc(O)cc2C1C=O. The zero-order valence-corrected chi connectivity index (χ0v) is 7.71. The third-order valence-electron chi connectivity index (χ3n) is 2.28. The molecule has 1 aliphatic heterocycles. The van der Waals surface area contributed by atoms with Crippen molar-refractivity contribution >= 4 is 18.3 Å². The van der Waals surface area contributed by atoms with Crippen LogP contribution in [0.15, 0.2) is 23.2 Å². The predicted octanol–water partition coefficient (Wildman–Crippen LogP) is 1.24. The number of phenols is 1. The van der Waals surface area contributed by atoms with E-state index in [4.69, 9.17) is 0 Å². The van der Waals surface area contributed by atoms with Crippen LogP contribution in [-0.2, 0) is 4.79 Å². The molecule has 0 saturated carbocycles. The van der Waals surface area contributed by atoms with Crippen LogP contribution in [-0.4, -0.2) is 29.7 Å². The van der Waals surface area contributed by atoms with Gasteiger partial charge in [-0.05, 0) is 18.2 Å². The van der Waals surface area contributed by atoms with E-state index in [2.05, 4.69) is 4.99 Å². The summed E-state index contributed by atoms with van der Waals surface area (Å²) in [4.78, 5) is 16.7. The predicted molar refractivity (Wildman–Crippen MR) is 52.8 cm³/mol. The van der Waals surface area contributed by atoms with Crippen molar-refractivity contribution in [1.29, 1.82) is 0 Å². The number of fused-ring (bicyclic) bond motifs is 1. The van der Waals surface area contributed by atoms with E-state index in [9.17, 15) is 9.90 Å². The molecule has 4 heteroatoms. The molecule has 0 spiro atoms. The first-order valence-electron chi connectivity index (χ1n) is 4.26. The minimum absolute atomic E-state index is 0.154. The summed E-state index contributed by atoms with van der Waals surface area (Å²) in [5.41, 5.74) is 1.48. The number of aldehydes is 1. The second-order valence-electron chi connectivity index (χ2n) is 3.23. The Morgan fingerprint density at radius 3 is 3.07 bits per heavy atom. The number of hydrogen-bond donors (Lipinski definition) is 1. The molecule has 0 saturated heterocycles. The van der Waals surface area contributed by atoms with E-state index in [0.29, 0.717) is 0 Å². The smallest absolute Gasteiger partial charge is 0.147 e.